The first-order chi connectivity index (χ1) is 24.0. The molecule has 1 aliphatic heterocycles. The fraction of sp³-hybridized carbons (Fsp3) is 0.513. The van der Waals surface area contributed by atoms with Crippen molar-refractivity contribution in [3.8, 4) is 6.07 Å². The minimum atomic E-state index is -0.839. The molecule has 5 rings (SSSR count). The number of likely N-dealkylation sites (tertiary alicyclic amines) is 1. The lowest BCUT2D eigenvalue weighted by molar-refractivity contribution is -0.131. The predicted molar refractivity (Wildman–Crippen MR) is 198 cm³/mol. The number of H-pyrrole nitrogens is 1. The second kappa shape index (κ2) is 16.5. The zero-order valence-corrected chi connectivity index (χ0v) is 31.1. The summed E-state index contributed by atoms with van der Waals surface area (Å²) in [6.07, 6.45) is 10.8. The van der Waals surface area contributed by atoms with E-state index in [1.165, 1.54) is 10.6 Å². The van der Waals surface area contributed by atoms with Gasteiger partial charge in [-0.15, -0.1) is 0 Å². The van der Waals surface area contributed by atoms with E-state index in [1.54, 1.807) is 19.0 Å². The molecular weight excluding hydrogens is 626 g/mol. The third kappa shape index (κ3) is 7.62. The van der Waals surface area contributed by atoms with Gasteiger partial charge >= 0.3 is 0 Å². The molecule has 5 N–H and O–H groups in total. The number of fused-ring (bicyclic) bond motifs is 2. The molecule has 5 atom stereocenters. The van der Waals surface area contributed by atoms with Gasteiger partial charge in [-0.3, -0.25) is 14.7 Å². The lowest BCUT2D eigenvalue weighted by atomic mass is 9.67. The van der Waals surface area contributed by atoms with Gasteiger partial charge in [0.2, 0.25) is 5.91 Å². The number of amides is 2. The van der Waals surface area contributed by atoms with Gasteiger partial charge < -0.3 is 20.5 Å². The zero-order valence-electron chi connectivity index (χ0n) is 31.1. The molecule has 3 aliphatic rings. The van der Waals surface area contributed by atoms with Gasteiger partial charge in [0, 0.05) is 31.7 Å². The van der Waals surface area contributed by atoms with Crippen LogP contribution in [0, 0.1) is 24.2 Å². The molecule has 1 aromatic heterocycles. The Morgan fingerprint density at radius 3 is 2.64 bits per heavy atom. The second-order valence-corrected chi connectivity index (χ2v) is 13.3. The Balaban J connectivity index is 0.00000276. The molecule has 11 nitrogen and oxygen atoms in total. The SMILES string of the molecule is C=C(C(/C=C\C1=C(CC)CCc2cc(C(=O)NC)ccc2C1(C[C@@H](C)NCC(=O)N1C(C#N)CC2CC21)c1n[nH]c(C)n1)=C/C)N(C)N.CC. The van der Waals surface area contributed by atoms with Crippen LogP contribution in [0.4, 0.5) is 0 Å². The molecule has 1 saturated carbocycles. The second-order valence-electron chi connectivity index (χ2n) is 13.3. The number of nitrogens with one attached hydrogen (secondary N) is 3. The highest BCUT2D eigenvalue weighted by Gasteiger charge is 2.54. The summed E-state index contributed by atoms with van der Waals surface area (Å²) in [5.41, 5.74) is 5.74. The van der Waals surface area contributed by atoms with E-state index in [-0.39, 0.29) is 36.5 Å². The first kappa shape index (κ1) is 38.3. The van der Waals surface area contributed by atoms with Gasteiger partial charge in [0.15, 0.2) is 5.82 Å². The van der Waals surface area contributed by atoms with Crippen LogP contribution in [-0.2, 0) is 16.6 Å². The Morgan fingerprint density at radius 2 is 2.04 bits per heavy atom. The Kier molecular flexibility index (Phi) is 12.6. The van der Waals surface area contributed by atoms with Crippen molar-refractivity contribution in [1.29, 1.82) is 5.26 Å². The van der Waals surface area contributed by atoms with Crippen molar-refractivity contribution in [3.63, 3.8) is 0 Å². The van der Waals surface area contributed by atoms with E-state index in [9.17, 15) is 14.9 Å². The van der Waals surface area contributed by atoms with Crippen molar-refractivity contribution < 1.29 is 9.59 Å². The molecule has 4 unspecified atom stereocenters. The number of carbonyl (C=O) groups excluding carboxylic acids is 2. The van der Waals surface area contributed by atoms with Crippen LogP contribution in [0.15, 0.2) is 65.4 Å². The fourth-order valence-corrected chi connectivity index (χ4v) is 7.63. The summed E-state index contributed by atoms with van der Waals surface area (Å²) < 4.78 is 0. The summed E-state index contributed by atoms with van der Waals surface area (Å²) >= 11 is 0. The maximum Gasteiger partial charge on any atom is 0.251 e. The molecule has 0 radical (unpaired) electrons. The summed E-state index contributed by atoms with van der Waals surface area (Å²) in [7, 11) is 3.40. The topological polar surface area (TPSA) is 156 Å². The number of aromatic amines is 1. The molecule has 0 bridgehead atoms. The van der Waals surface area contributed by atoms with Crippen LogP contribution in [0.3, 0.4) is 0 Å². The fourth-order valence-electron chi connectivity index (χ4n) is 7.63. The molecule has 268 valence electrons. The number of piperidine rings is 1. The summed E-state index contributed by atoms with van der Waals surface area (Å²) in [5.74, 6) is 7.69. The van der Waals surface area contributed by atoms with Crippen molar-refractivity contribution >= 4 is 11.8 Å². The summed E-state index contributed by atoms with van der Waals surface area (Å²) in [6, 6.07) is 7.92. The van der Waals surface area contributed by atoms with E-state index in [2.05, 4.69) is 54.4 Å². The molecule has 1 aromatic carbocycles. The minimum absolute atomic E-state index is 0.0373. The molecule has 1 saturated heterocycles. The van der Waals surface area contributed by atoms with Crippen LogP contribution in [0.1, 0.15) is 99.9 Å². The number of aryl methyl sites for hydroxylation is 2. The summed E-state index contributed by atoms with van der Waals surface area (Å²) in [4.78, 5) is 33.0. The maximum atomic E-state index is 13.5. The number of nitrogens with zero attached hydrogens (tertiary/aromatic N) is 5. The quantitative estimate of drug-likeness (QED) is 0.136. The van der Waals surface area contributed by atoms with Crippen LogP contribution in [0.2, 0.25) is 0 Å². The zero-order chi connectivity index (χ0) is 36.7. The van der Waals surface area contributed by atoms with Crippen LogP contribution in [-0.4, -0.2) is 75.7 Å². The van der Waals surface area contributed by atoms with Gasteiger partial charge in [0.05, 0.1) is 23.7 Å². The van der Waals surface area contributed by atoms with Gasteiger partial charge in [-0.2, -0.15) is 10.4 Å². The number of carbonyl (C=O) groups is 2. The standard InChI is InChI=1S/C37H49N9O2.C2H6/c1-8-25(23(4)45(7)39)12-14-31-26(9-2)10-11-27-16-28(35(48)40-6)13-15-32(27)37(31,36-42-24(5)43-44-36)19-22(3)41-21-34(47)46-30(20-38)17-29-18-33(29)46;1-2/h8,12-16,22,29-30,33,41H,4,9-11,17-19,21,39H2,1-3,5-7H3,(H,40,48)(H,42,43,44);1-2H3/b14-12-,25-8+;/t22-,29?,30?,33?,37?;/m1./s1. The number of hydrazine groups is 1. The highest BCUT2D eigenvalue weighted by Crippen LogP contribution is 2.49. The van der Waals surface area contributed by atoms with Gasteiger partial charge in [-0.1, -0.05) is 57.2 Å². The molecule has 2 fully saturated rings. The first-order valence-electron chi connectivity index (χ1n) is 17.9. The van der Waals surface area contributed by atoms with E-state index in [0.29, 0.717) is 35.2 Å². The van der Waals surface area contributed by atoms with Gasteiger partial charge in [-0.05, 0) is 99.6 Å². The third-order valence-electron chi connectivity index (χ3n) is 10.3. The number of hydrogen-bond acceptors (Lipinski definition) is 8. The molecule has 11 heteroatoms. The largest absolute Gasteiger partial charge is 0.355 e. The Bertz CT molecular complexity index is 1710. The maximum absolute atomic E-state index is 13.5. The average Bonchev–Trinajstić information content (AvgIpc) is 3.61. The number of allylic oxidation sites excluding steroid dienone is 5. The summed E-state index contributed by atoms with van der Waals surface area (Å²) in [6.45, 7) is 16.4. The Labute approximate surface area is 297 Å². The van der Waals surface area contributed by atoms with Gasteiger partial charge in [0.1, 0.15) is 11.9 Å². The van der Waals surface area contributed by atoms with E-state index in [1.807, 2.05) is 52.0 Å². The molecule has 50 heavy (non-hydrogen) atoms. The number of rotatable bonds is 12. The smallest absolute Gasteiger partial charge is 0.251 e. The van der Waals surface area contributed by atoms with Crippen LogP contribution in [0.25, 0.3) is 0 Å². The Hall–Kier alpha value is -4.53. The van der Waals surface area contributed by atoms with Crippen LogP contribution in [0.5, 0.6) is 0 Å². The monoisotopic (exact) mass is 681 g/mol. The Morgan fingerprint density at radius 1 is 1.30 bits per heavy atom. The predicted octanol–water partition coefficient (Wildman–Crippen LogP) is 5.14. The normalized spacial score (nSPS) is 23.2. The van der Waals surface area contributed by atoms with Gasteiger partial charge in [-0.25, -0.2) is 10.8 Å². The number of aromatic nitrogens is 3. The lowest BCUT2D eigenvalue weighted by Crippen LogP contribution is -2.46. The van der Waals surface area contributed by atoms with E-state index in [4.69, 9.17) is 15.9 Å². The number of hydrogen-bond donors (Lipinski definition) is 4. The first-order valence-corrected chi connectivity index (χ1v) is 17.9. The molecular formula is C39H55N9O2. The van der Waals surface area contributed by atoms with Crippen molar-refractivity contribution in [2.75, 3.05) is 20.6 Å². The van der Waals surface area contributed by atoms with Gasteiger partial charge in [0.25, 0.3) is 5.91 Å². The van der Waals surface area contributed by atoms with Crippen molar-refractivity contribution in [3.05, 3.63) is 93.8 Å². The van der Waals surface area contributed by atoms with E-state index < -0.39 is 5.41 Å². The number of likely N-dealkylation sites (N-methyl/N-ethyl adjacent to an activating group) is 1. The van der Waals surface area contributed by atoms with Crippen molar-refractivity contribution in [2.24, 2.45) is 11.8 Å². The molecule has 0 spiro atoms. The van der Waals surface area contributed by atoms with Crippen LogP contribution < -0.4 is 16.5 Å². The van der Waals surface area contributed by atoms with Crippen LogP contribution >= 0.6 is 0 Å². The number of nitriles is 1. The molecule has 2 aromatic rings. The highest BCUT2D eigenvalue weighted by atomic mass is 16.2. The van der Waals surface area contributed by atoms with Crippen molar-refractivity contribution in [2.45, 2.75) is 104 Å². The molecule has 2 aliphatic carbocycles. The lowest BCUT2D eigenvalue weighted by Gasteiger charge is -2.38. The van der Waals surface area contributed by atoms with E-state index in [0.717, 1.165) is 54.4 Å². The average molecular weight is 682 g/mol. The molecule has 2 heterocycles. The highest BCUT2D eigenvalue weighted by molar-refractivity contribution is 5.94. The number of nitrogens with two attached hydrogens (primary N) is 1. The van der Waals surface area contributed by atoms with E-state index >= 15 is 0 Å². The molecule has 2 amide bonds. The number of benzene rings is 1. The summed E-state index contributed by atoms with van der Waals surface area (Å²) in [5, 5.41) is 25.4. The van der Waals surface area contributed by atoms with Crippen molar-refractivity contribution in [1.82, 2.24) is 35.7 Å². The minimum Gasteiger partial charge on any atom is -0.355 e. The third-order valence-corrected chi connectivity index (χ3v) is 10.3.